The smallest absolute Gasteiger partial charge is 0.234 e. The largest absolute Gasteiger partial charge is 0.495 e. The minimum Gasteiger partial charge on any atom is -0.495 e. The summed E-state index contributed by atoms with van der Waals surface area (Å²) in [6.07, 6.45) is 1.89. The van der Waals surface area contributed by atoms with Crippen molar-refractivity contribution in [3.63, 3.8) is 0 Å². The van der Waals surface area contributed by atoms with Gasteiger partial charge in [0.1, 0.15) is 11.5 Å². The third kappa shape index (κ3) is 5.22. The van der Waals surface area contributed by atoms with Crippen molar-refractivity contribution in [2.24, 2.45) is 0 Å². The first-order chi connectivity index (χ1) is 15.4. The van der Waals surface area contributed by atoms with Crippen LogP contribution in [0.1, 0.15) is 30.7 Å². The topological polar surface area (TPSA) is 78.3 Å². The number of methoxy groups -OCH3 is 2. The summed E-state index contributed by atoms with van der Waals surface area (Å²) in [5.74, 6) is 1.77. The van der Waals surface area contributed by atoms with Crippen molar-refractivity contribution in [1.82, 2.24) is 14.8 Å². The van der Waals surface area contributed by atoms with Gasteiger partial charge in [0.05, 0.1) is 30.7 Å². The fourth-order valence-corrected chi connectivity index (χ4v) is 5.33. The summed E-state index contributed by atoms with van der Waals surface area (Å²) < 4.78 is 12.7. The van der Waals surface area contributed by atoms with E-state index >= 15 is 0 Å². The number of aryl methyl sites for hydroxylation is 1. The normalized spacial score (nSPS) is 10.9. The van der Waals surface area contributed by atoms with Gasteiger partial charge in [-0.3, -0.25) is 4.79 Å². The number of anilines is 1. The molecule has 0 fully saturated rings. The van der Waals surface area contributed by atoms with Gasteiger partial charge >= 0.3 is 0 Å². The molecular formula is C22H27ClN4O3S2. The summed E-state index contributed by atoms with van der Waals surface area (Å²) >= 11 is 9.23. The van der Waals surface area contributed by atoms with Crippen molar-refractivity contribution in [3.8, 4) is 22.9 Å². The number of carbonyl (C=O) groups is 1. The minimum atomic E-state index is -0.189. The Kier molecular flexibility index (Phi) is 8.44. The van der Waals surface area contributed by atoms with E-state index in [0.717, 1.165) is 35.9 Å². The summed E-state index contributed by atoms with van der Waals surface area (Å²) in [6, 6.07) is 3.26. The molecule has 1 aromatic carbocycles. The highest BCUT2D eigenvalue weighted by molar-refractivity contribution is 7.99. The molecule has 0 atom stereocenters. The van der Waals surface area contributed by atoms with Gasteiger partial charge in [-0.2, -0.15) is 0 Å². The number of nitrogens with one attached hydrogen (secondary N) is 1. The molecular weight excluding hydrogens is 468 g/mol. The van der Waals surface area contributed by atoms with Crippen molar-refractivity contribution in [1.29, 1.82) is 0 Å². The molecule has 0 saturated heterocycles. The van der Waals surface area contributed by atoms with Gasteiger partial charge in [-0.1, -0.05) is 37.2 Å². The van der Waals surface area contributed by atoms with Gasteiger partial charge in [0.15, 0.2) is 11.0 Å². The van der Waals surface area contributed by atoms with E-state index in [9.17, 15) is 4.79 Å². The second-order valence-corrected chi connectivity index (χ2v) is 9.45. The first kappa shape index (κ1) is 24.4. The molecule has 0 aliphatic rings. The van der Waals surface area contributed by atoms with E-state index in [4.69, 9.17) is 21.1 Å². The number of carbonyl (C=O) groups excluding carboxylic acids is 1. The van der Waals surface area contributed by atoms with Crippen LogP contribution >= 0.6 is 34.7 Å². The molecule has 10 heteroatoms. The van der Waals surface area contributed by atoms with Crippen LogP contribution in [0.15, 0.2) is 22.7 Å². The zero-order valence-electron chi connectivity index (χ0n) is 18.8. The van der Waals surface area contributed by atoms with Crippen LogP contribution in [0.2, 0.25) is 5.02 Å². The van der Waals surface area contributed by atoms with Crippen LogP contribution in [0.4, 0.5) is 5.69 Å². The Balaban J connectivity index is 1.77. The van der Waals surface area contributed by atoms with E-state index in [1.54, 1.807) is 23.5 Å². The minimum absolute atomic E-state index is 0.180. The Morgan fingerprint density at radius 2 is 1.97 bits per heavy atom. The number of benzene rings is 1. The Morgan fingerprint density at radius 3 is 2.62 bits per heavy atom. The molecule has 0 aliphatic carbocycles. The zero-order chi connectivity index (χ0) is 23.3. The predicted octanol–water partition coefficient (Wildman–Crippen LogP) is 5.69. The van der Waals surface area contributed by atoms with Crippen molar-refractivity contribution in [2.75, 3.05) is 25.3 Å². The molecule has 1 amide bonds. The average Bonchev–Trinajstić information content (AvgIpc) is 3.35. The highest BCUT2D eigenvalue weighted by Gasteiger charge is 2.20. The Bertz CT molecular complexity index is 1100. The molecule has 0 radical (unpaired) electrons. The first-order valence-corrected chi connectivity index (χ1v) is 12.5. The third-order valence-corrected chi connectivity index (χ3v) is 7.16. The standard InChI is InChI=1S/C22H27ClN4O3S2/c1-6-8-27-21(15-11-31-13(3)14(15)7-2)25-26-22(27)32-12-20(28)24-17-10-18(29-4)16(23)9-19(17)30-5/h9-11H,6-8,12H2,1-5H3,(H,24,28). The highest BCUT2D eigenvalue weighted by atomic mass is 35.5. The molecule has 0 unspecified atom stereocenters. The second kappa shape index (κ2) is 11.1. The fourth-order valence-electron chi connectivity index (χ4n) is 3.40. The summed E-state index contributed by atoms with van der Waals surface area (Å²) in [4.78, 5) is 14.0. The number of nitrogens with zero attached hydrogens (tertiary/aromatic N) is 3. The Labute approximate surface area is 201 Å². The van der Waals surface area contributed by atoms with Crippen molar-refractivity contribution in [3.05, 3.63) is 33.0 Å². The molecule has 32 heavy (non-hydrogen) atoms. The molecule has 2 aromatic heterocycles. The lowest BCUT2D eigenvalue weighted by Gasteiger charge is -2.13. The molecule has 7 nitrogen and oxygen atoms in total. The number of aromatic nitrogens is 3. The van der Waals surface area contributed by atoms with Crippen LogP contribution in [-0.4, -0.2) is 40.6 Å². The van der Waals surface area contributed by atoms with Crippen LogP contribution in [0.3, 0.4) is 0 Å². The molecule has 0 bridgehead atoms. The van der Waals surface area contributed by atoms with Crippen LogP contribution < -0.4 is 14.8 Å². The Morgan fingerprint density at radius 1 is 1.22 bits per heavy atom. The van der Waals surface area contributed by atoms with Crippen molar-refractivity contribution in [2.45, 2.75) is 45.3 Å². The number of hydrogen-bond donors (Lipinski definition) is 1. The van der Waals surface area contributed by atoms with Crippen molar-refractivity contribution < 1.29 is 14.3 Å². The average molecular weight is 495 g/mol. The van der Waals surface area contributed by atoms with Gasteiger partial charge in [0.2, 0.25) is 5.91 Å². The van der Waals surface area contributed by atoms with Crippen LogP contribution in [-0.2, 0) is 17.8 Å². The van der Waals surface area contributed by atoms with E-state index in [1.165, 1.54) is 36.4 Å². The lowest BCUT2D eigenvalue weighted by Crippen LogP contribution is -2.15. The monoisotopic (exact) mass is 494 g/mol. The van der Waals surface area contributed by atoms with Gasteiger partial charge in [-0.05, 0) is 25.3 Å². The maximum Gasteiger partial charge on any atom is 0.234 e. The highest BCUT2D eigenvalue weighted by Crippen LogP contribution is 2.36. The molecule has 0 saturated carbocycles. The maximum atomic E-state index is 12.7. The van der Waals surface area contributed by atoms with Gasteiger partial charge in [-0.25, -0.2) is 0 Å². The van der Waals surface area contributed by atoms with E-state index in [-0.39, 0.29) is 11.7 Å². The van der Waals surface area contributed by atoms with Gasteiger partial charge in [0, 0.05) is 34.5 Å². The molecule has 0 aliphatic heterocycles. The molecule has 172 valence electrons. The summed E-state index contributed by atoms with van der Waals surface area (Å²) in [5.41, 5.74) is 2.93. The molecule has 3 rings (SSSR count). The number of thioether (sulfide) groups is 1. The lowest BCUT2D eigenvalue weighted by atomic mass is 10.1. The molecule has 0 spiro atoms. The van der Waals surface area contributed by atoms with Gasteiger partial charge < -0.3 is 19.4 Å². The fraction of sp³-hybridized carbons (Fsp3) is 0.409. The van der Waals surface area contributed by atoms with Crippen molar-refractivity contribution >= 4 is 46.3 Å². The van der Waals surface area contributed by atoms with E-state index in [0.29, 0.717) is 22.2 Å². The molecule has 3 aromatic rings. The number of halogens is 1. The third-order valence-electron chi connectivity index (χ3n) is 4.94. The maximum absolute atomic E-state index is 12.7. The first-order valence-electron chi connectivity index (χ1n) is 10.3. The van der Waals surface area contributed by atoms with Gasteiger partial charge in [0.25, 0.3) is 0 Å². The number of amides is 1. The Hall–Kier alpha value is -2.23. The zero-order valence-corrected chi connectivity index (χ0v) is 21.2. The number of rotatable bonds is 10. The predicted molar refractivity (Wildman–Crippen MR) is 132 cm³/mol. The number of ether oxygens (including phenoxy) is 2. The SMILES string of the molecule is CCCn1c(SCC(=O)Nc2cc(OC)c(Cl)cc2OC)nnc1-c1csc(C)c1CC. The summed E-state index contributed by atoms with van der Waals surface area (Å²) in [7, 11) is 3.04. The molecule has 1 N–H and O–H groups in total. The molecule has 2 heterocycles. The number of hydrogen-bond acceptors (Lipinski definition) is 7. The van der Waals surface area contributed by atoms with E-state index < -0.39 is 0 Å². The quantitative estimate of drug-likeness (QED) is 0.365. The van der Waals surface area contributed by atoms with Crippen LogP contribution in [0.25, 0.3) is 11.4 Å². The van der Waals surface area contributed by atoms with E-state index in [1.807, 2.05) is 0 Å². The summed E-state index contributed by atoms with van der Waals surface area (Å²) in [6.45, 7) is 7.18. The van der Waals surface area contributed by atoms with Crippen LogP contribution in [0, 0.1) is 6.92 Å². The van der Waals surface area contributed by atoms with Gasteiger partial charge in [-0.15, -0.1) is 21.5 Å². The lowest BCUT2D eigenvalue weighted by molar-refractivity contribution is -0.113. The number of thiophene rings is 1. The van der Waals surface area contributed by atoms with Crippen LogP contribution in [0.5, 0.6) is 11.5 Å². The van der Waals surface area contributed by atoms with E-state index in [2.05, 4.69) is 46.2 Å². The second-order valence-electron chi connectivity index (χ2n) is 7.02. The summed E-state index contributed by atoms with van der Waals surface area (Å²) in [5, 5.41) is 15.0.